The third kappa shape index (κ3) is 3.84. The van der Waals surface area contributed by atoms with E-state index in [0.29, 0.717) is 23.4 Å². The highest BCUT2D eigenvalue weighted by atomic mass is 16.2. The minimum atomic E-state index is -0.334. The SMILES string of the molecule is C=NN/C(=C\C(=N)C(=O)N1CCc2ccccc2[C@H]1C)c1ccc(C#N)cc1. The molecule has 2 aromatic carbocycles. The molecule has 1 aliphatic rings. The Labute approximate surface area is 164 Å². The minimum absolute atomic E-state index is 0.0879. The number of rotatable bonds is 5. The lowest BCUT2D eigenvalue weighted by molar-refractivity contribution is -0.126. The fourth-order valence-corrected chi connectivity index (χ4v) is 3.40. The molecular weight excluding hydrogens is 350 g/mol. The second kappa shape index (κ2) is 8.31. The lowest BCUT2D eigenvalue weighted by atomic mass is 9.93. The number of fused-ring (bicyclic) bond motifs is 1. The number of benzene rings is 2. The number of nitrogens with zero attached hydrogens (tertiary/aromatic N) is 3. The smallest absolute Gasteiger partial charge is 0.272 e. The summed E-state index contributed by atoms with van der Waals surface area (Å²) in [6.45, 7) is 5.98. The highest BCUT2D eigenvalue weighted by Gasteiger charge is 2.28. The molecule has 1 heterocycles. The van der Waals surface area contributed by atoms with Crippen molar-refractivity contribution in [2.75, 3.05) is 6.54 Å². The monoisotopic (exact) mass is 371 g/mol. The average molecular weight is 371 g/mol. The van der Waals surface area contributed by atoms with Gasteiger partial charge in [-0.15, -0.1) is 0 Å². The number of hydrogen-bond acceptors (Lipinski definition) is 5. The number of carbonyl (C=O) groups excluding carboxylic acids is 1. The number of nitrogens with one attached hydrogen (secondary N) is 2. The summed E-state index contributed by atoms with van der Waals surface area (Å²) >= 11 is 0. The van der Waals surface area contributed by atoms with E-state index in [4.69, 9.17) is 10.7 Å². The van der Waals surface area contributed by atoms with Crippen molar-refractivity contribution >= 4 is 24.0 Å². The van der Waals surface area contributed by atoms with Crippen LogP contribution in [0.3, 0.4) is 0 Å². The predicted molar refractivity (Wildman–Crippen MR) is 110 cm³/mol. The van der Waals surface area contributed by atoms with Gasteiger partial charge in [0, 0.05) is 13.3 Å². The van der Waals surface area contributed by atoms with E-state index in [9.17, 15) is 4.79 Å². The van der Waals surface area contributed by atoms with Crippen molar-refractivity contribution in [3.63, 3.8) is 0 Å². The summed E-state index contributed by atoms with van der Waals surface area (Å²) in [5.41, 5.74) is 6.68. The number of amides is 1. The Hall–Kier alpha value is -3.72. The van der Waals surface area contributed by atoms with Gasteiger partial charge in [-0.2, -0.15) is 10.4 Å². The van der Waals surface area contributed by atoms with Crippen molar-refractivity contribution in [1.82, 2.24) is 10.3 Å². The van der Waals surface area contributed by atoms with Crippen LogP contribution >= 0.6 is 0 Å². The van der Waals surface area contributed by atoms with E-state index in [-0.39, 0.29) is 17.7 Å². The first-order chi connectivity index (χ1) is 13.5. The van der Waals surface area contributed by atoms with E-state index in [0.717, 1.165) is 12.0 Å². The Morgan fingerprint density at radius 2 is 2.04 bits per heavy atom. The summed E-state index contributed by atoms with van der Waals surface area (Å²) in [6.07, 6.45) is 2.23. The van der Waals surface area contributed by atoms with Gasteiger partial charge in [0.15, 0.2) is 0 Å². The fourth-order valence-electron chi connectivity index (χ4n) is 3.40. The van der Waals surface area contributed by atoms with Crippen molar-refractivity contribution in [1.29, 1.82) is 10.7 Å². The molecule has 1 aliphatic heterocycles. The summed E-state index contributed by atoms with van der Waals surface area (Å²) in [7, 11) is 0. The van der Waals surface area contributed by atoms with Gasteiger partial charge in [-0.05, 0) is 48.2 Å². The molecule has 0 spiro atoms. The lowest BCUT2D eigenvalue weighted by Gasteiger charge is -2.35. The molecule has 2 N–H and O–H groups in total. The highest BCUT2D eigenvalue weighted by molar-refractivity contribution is 6.43. The topological polar surface area (TPSA) is 92.3 Å². The lowest BCUT2D eigenvalue weighted by Crippen LogP contribution is -2.42. The van der Waals surface area contributed by atoms with Crippen LogP contribution in [0.25, 0.3) is 5.70 Å². The van der Waals surface area contributed by atoms with Crippen LogP contribution in [0.5, 0.6) is 0 Å². The van der Waals surface area contributed by atoms with E-state index >= 15 is 0 Å². The number of hydrogen-bond donors (Lipinski definition) is 2. The summed E-state index contributed by atoms with van der Waals surface area (Å²) in [5, 5.41) is 20.9. The van der Waals surface area contributed by atoms with Gasteiger partial charge < -0.3 is 4.90 Å². The molecule has 0 saturated heterocycles. The molecule has 2 aromatic rings. The van der Waals surface area contributed by atoms with Gasteiger partial charge in [0.25, 0.3) is 5.91 Å². The average Bonchev–Trinajstić information content (AvgIpc) is 2.73. The normalized spacial score (nSPS) is 15.9. The first-order valence-electron chi connectivity index (χ1n) is 8.96. The zero-order chi connectivity index (χ0) is 20.1. The molecule has 28 heavy (non-hydrogen) atoms. The van der Waals surface area contributed by atoms with Crippen LogP contribution in [0, 0.1) is 16.7 Å². The molecule has 1 atom stereocenters. The largest absolute Gasteiger partial charge is 0.330 e. The van der Waals surface area contributed by atoms with Crippen molar-refractivity contribution in [3.05, 3.63) is 76.9 Å². The van der Waals surface area contributed by atoms with E-state index in [1.165, 1.54) is 11.6 Å². The summed E-state index contributed by atoms with van der Waals surface area (Å²) in [6, 6.07) is 16.9. The summed E-state index contributed by atoms with van der Waals surface area (Å²) in [5.74, 6) is -0.334. The second-order valence-electron chi connectivity index (χ2n) is 6.55. The standard InChI is InChI=1S/C22H21N5O/c1-15-19-6-4-3-5-17(19)11-12-27(15)22(28)20(24)13-21(26-25-2)18-9-7-16(14-23)8-10-18/h3-10,13,15,24,26H,2,11-12H2,1H3/b21-13-,24-20?/t15-/m1/s1. The molecular formula is C22H21N5O. The van der Waals surface area contributed by atoms with Crippen LogP contribution in [0.2, 0.25) is 0 Å². The Bertz CT molecular complexity index is 985. The van der Waals surface area contributed by atoms with E-state index in [2.05, 4.69) is 29.4 Å². The maximum absolute atomic E-state index is 12.9. The molecule has 0 unspecified atom stereocenters. The first kappa shape index (κ1) is 19.1. The van der Waals surface area contributed by atoms with Crippen molar-refractivity contribution in [3.8, 4) is 6.07 Å². The third-order valence-corrected chi connectivity index (χ3v) is 4.90. The number of nitriles is 1. The molecule has 0 aliphatic carbocycles. The zero-order valence-corrected chi connectivity index (χ0v) is 15.6. The second-order valence-corrected chi connectivity index (χ2v) is 6.55. The molecule has 1 amide bonds. The molecule has 0 bridgehead atoms. The van der Waals surface area contributed by atoms with Crippen molar-refractivity contribution < 1.29 is 4.79 Å². The maximum atomic E-state index is 12.9. The maximum Gasteiger partial charge on any atom is 0.272 e. The van der Waals surface area contributed by atoms with Crippen LogP contribution in [0.1, 0.15) is 35.2 Å². The molecule has 0 fully saturated rings. The zero-order valence-electron chi connectivity index (χ0n) is 15.6. The van der Waals surface area contributed by atoms with Gasteiger partial charge in [-0.1, -0.05) is 36.4 Å². The third-order valence-electron chi connectivity index (χ3n) is 4.90. The number of hydrazone groups is 1. The molecule has 0 aromatic heterocycles. The van der Waals surface area contributed by atoms with Crippen LogP contribution in [-0.4, -0.2) is 29.8 Å². The predicted octanol–water partition coefficient (Wildman–Crippen LogP) is 3.27. The summed E-state index contributed by atoms with van der Waals surface area (Å²) < 4.78 is 0. The molecule has 6 heteroatoms. The van der Waals surface area contributed by atoms with Gasteiger partial charge >= 0.3 is 0 Å². The summed E-state index contributed by atoms with van der Waals surface area (Å²) in [4.78, 5) is 14.7. The fraction of sp³-hybridized carbons (Fsp3) is 0.182. The first-order valence-corrected chi connectivity index (χ1v) is 8.96. The quantitative estimate of drug-likeness (QED) is 0.624. The highest BCUT2D eigenvalue weighted by Crippen LogP contribution is 2.29. The van der Waals surface area contributed by atoms with Crippen LogP contribution < -0.4 is 5.43 Å². The molecule has 0 radical (unpaired) electrons. The van der Waals surface area contributed by atoms with E-state index < -0.39 is 0 Å². The van der Waals surface area contributed by atoms with Crippen molar-refractivity contribution in [2.24, 2.45) is 5.10 Å². The van der Waals surface area contributed by atoms with E-state index in [1.54, 1.807) is 29.2 Å². The Kier molecular flexibility index (Phi) is 5.66. The van der Waals surface area contributed by atoms with E-state index in [1.807, 2.05) is 25.1 Å². The van der Waals surface area contributed by atoms with Gasteiger partial charge in [-0.3, -0.25) is 15.6 Å². The Balaban J connectivity index is 1.83. The molecule has 0 saturated carbocycles. The van der Waals surface area contributed by atoms with Gasteiger partial charge in [0.05, 0.1) is 23.4 Å². The van der Waals surface area contributed by atoms with Crippen molar-refractivity contribution in [2.45, 2.75) is 19.4 Å². The van der Waals surface area contributed by atoms with Gasteiger partial charge in [0.1, 0.15) is 5.71 Å². The molecule has 6 nitrogen and oxygen atoms in total. The Morgan fingerprint density at radius 3 is 2.71 bits per heavy atom. The molecule has 140 valence electrons. The van der Waals surface area contributed by atoms with Crippen LogP contribution in [0.4, 0.5) is 0 Å². The minimum Gasteiger partial charge on any atom is -0.330 e. The number of carbonyl (C=O) groups is 1. The van der Waals surface area contributed by atoms with Gasteiger partial charge in [-0.25, -0.2) is 0 Å². The van der Waals surface area contributed by atoms with Crippen LogP contribution in [-0.2, 0) is 11.2 Å². The van der Waals surface area contributed by atoms with Crippen LogP contribution in [0.15, 0.2) is 59.7 Å². The Morgan fingerprint density at radius 1 is 1.32 bits per heavy atom. The van der Waals surface area contributed by atoms with Gasteiger partial charge in [0.2, 0.25) is 0 Å². The molecule has 3 rings (SSSR count).